The minimum absolute atomic E-state index is 0.533. The van der Waals surface area contributed by atoms with Crippen molar-refractivity contribution in [3.05, 3.63) is 78.4 Å². The number of rotatable bonds is 5. The molecule has 0 spiro atoms. The van der Waals surface area contributed by atoms with E-state index in [1.165, 1.54) is 5.56 Å². The second-order valence-electron chi connectivity index (χ2n) is 4.26. The van der Waals surface area contributed by atoms with Crippen LogP contribution in [0.25, 0.3) is 5.70 Å². The lowest BCUT2D eigenvalue weighted by molar-refractivity contribution is 0.789. The van der Waals surface area contributed by atoms with E-state index in [9.17, 15) is 0 Å². The van der Waals surface area contributed by atoms with Crippen molar-refractivity contribution in [3.8, 4) is 0 Å². The van der Waals surface area contributed by atoms with Gasteiger partial charge < -0.3 is 5.32 Å². The molecule has 0 atom stereocenters. The lowest BCUT2D eigenvalue weighted by Gasteiger charge is -2.14. The Morgan fingerprint density at radius 3 is 2.15 bits per heavy atom. The minimum atomic E-state index is 0.533. The van der Waals surface area contributed by atoms with E-state index < -0.39 is 0 Å². The molecular weight excluding hydrogens is 266 g/mol. The first-order valence-electron chi connectivity index (χ1n) is 6.34. The van der Waals surface area contributed by atoms with Crippen LogP contribution in [-0.4, -0.2) is 5.11 Å². The van der Waals surface area contributed by atoms with Gasteiger partial charge in [0.2, 0.25) is 0 Å². The predicted molar refractivity (Wildman–Crippen MR) is 87.6 cm³/mol. The molecule has 0 radical (unpaired) electrons. The van der Waals surface area contributed by atoms with Gasteiger partial charge in [-0.15, -0.1) is 0 Å². The molecular formula is C16H17N3S. The van der Waals surface area contributed by atoms with Crippen molar-refractivity contribution in [2.24, 2.45) is 0 Å². The van der Waals surface area contributed by atoms with Crippen molar-refractivity contribution in [2.45, 2.75) is 6.54 Å². The van der Waals surface area contributed by atoms with E-state index in [0.29, 0.717) is 11.7 Å². The molecule has 0 saturated carbocycles. The maximum absolute atomic E-state index is 5.20. The highest BCUT2D eigenvalue weighted by Gasteiger charge is 1.99. The monoisotopic (exact) mass is 283 g/mol. The smallest absolute Gasteiger partial charge is 0.185 e. The van der Waals surface area contributed by atoms with E-state index in [2.05, 4.69) is 22.7 Å². The number of benzene rings is 2. The summed E-state index contributed by atoms with van der Waals surface area (Å²) in [5.41, 5.74) is 8.88. The summed E-state index contributed by atoms with van der Waals surface area (Å²) in [6, 6.07) is 20.0. The summed E-state index contributed by atoms with van der Waals surface area (Å²) in [5.74, 6) is 0. The van der Waals surface area contributed by atoms with Gasteiger partial charge >= 0.3 is 0 Å². The summed E-state index contributed by atoms with van der Waals surface area (Å²) in [4.78, 5) is 0. The van der Waals surface area contributed by atoms with Crippen molar-refractivity contribution in [1.82, 2.24) is 16.2 Å². The summed E-state index contributed by atoms with van der Waals surface area (Å²) in [6.07, 6.45) is 0. The van der Waals surface area contributed by atoms with Crippen LogP contribution in [0, 0.1) is 0 Å². The van der Waals surface area contributed by atoms with Gasteiger partial charge in [0.1, 0.15) is 0 Å². The van der Waals surface area contributed by atoms with Crippen molar-refractivity contribution >= 4 is 23.0 Å². The summed E-state index contributed by atoms with van der Waals surface area (Å²) in [7, 11) is 0. The van der Waals surface area contributed by atoms with Gasteiger partial charge in [-0.25, -0.2) is 0 Å². The molecule has 0 fully saturated rings. The fourth-order valence-corrected chi connectivity index (χ4v) is 1.79. The zero-order chi connectivity index (χ0) is 14.2. The molecule has 3 nitrogen and oxygen atoms in total. The number of hydrazine groups is 1. The van der Waals surface area contributed by atoms with Gasteiger partial charge in [0.15, 0.2) is 5.11 Å². The van der Waals surface area contributed by atoms with Gasteiger partial charge in [0.05, 0.1) is 5.70 Å². The van der Waals surface area contributed by atoms with Crippen molar-refractivity contribution in [1.29, 1.82) is 0 Å². The molecule has 0 unspecified atom stereocenters. The molecule has 0 saturated heterocycles. The number of nitrogens with one attached hydrogen (secondary N) is 3. The Hall–Kier alpha value is -2.33. The minimum Gasteiger partial charge on any atom is -0.357 e. The maximum atomic E-state index is 5.20. The standard InChI is InChI=1S/C16H17N3S/c1-13(15-10-6-3-7-11-15)18-19-16(20)17-12-14-8-4-2-5-9-14/h2-11,18H,1,12H2,(H2,17,19,20). The normalized spacial score (nSPS) is 9.60. The molecule has 0 aliphatic carbocycles. The summed E-state index contributed by atoms with van der Waals surface area (Å²) in [6.45, 7) is 4.64. The molecule has 4 heteroatoms. The first-order valence-corrected chi connectivity index (χ1v) is 6.74. The third-order valence-corrected chi connectivity index (χ3v) is 2.99. The zero-order valence-corrected chi connectivity index (χ0v) is 11.9. The van der Waals surface area contributed by atoms with E-state index in [1.54, 1.807) is 0 Å². The fraction of sp³-hybridized carbons (Fsp3) is 0.0625. The highest BCUT2D eigenvalue weighted by Crippen LogP contribution is 2.06. The molecule has 2 aromatic rings. The van der Waals surface area contributed by atoms with E-state index in [-0.39, 0.29) is 0 Å². The van der Waals surface area contributed by atoms with Crippen LogP contribution in [0.5, 0.6) is 0 Å². The van der Waals surface area contributed by atoms with Gasteiger partial charge in [-0.2, -0.15) is 0 Å². The molecule has 20 heavy (non-hydrogen) atoms. The van der Waals surface area contributed by atoms with Crippen LogP contribution in [-0.2, 0) is 6.54 Å². The topological polar surface area (TPSA) is 36.1 Å². The molecule has 2 aromatic carbocycles. The Labute approximate surface area is 124 Å². The number of hydrogen-bond donors (Lipinski definition) is 3. The molecule has 0 heterocycles. The molecule has 0 aromatic heterocycles. The van der Waals surface area contributed by atoms with E-state index in [4.69, 9.17) is 12.2 Å². The number of hydrogen-bond acceptors (Lipinski definition) is 2. The Morgan fingerprint density at radius 1 is 0.900 bits per heavy atom. The van der Waals surface area contributed by atoms with Crippen molar-refractivity contribution < 1.29 is 0 Å². The highest BCUT2D eigenvalue weighted by atomic mass is 32.1. The quantitative estimate of drug-likeness (QED) is 0.582. The van der Waals surface area contributed by atoms with Crippen LogP contribution >= 0.6 is 12.2 Å². The second kappa shape index (κ2) is 7.31. The van der Waals surface area contributed by atoms with Crippen LogP contribution in [0.15, 0.2) is 67.2 Å². The van der Waals surface area contributed by atoms with Gasteiger partial charge in [-0.1, -0.05) is 67.2 Å². The Balaban J connectivity index is 1.74. The average molecular weight is 283 g/mol. The van der Waals surface area contributed by atoms with Crippen LogP contribution in [0.4, 0.5) is 0 Å². The molecule has 0 bridgehead atoms. The van der Waals surface area contributed by atoms with Gasteiger partial charge in [-0.05, 0) is 23.3 Å². The Morgan fingerprint density at radius 2 is 1.50 bits per heavy atom. The molecule has 0 aliphatic heterocycles. The summed E-state index contributed by atoms with van der Waals surface area (Å²) < 4.78 is 0. The van der Waals surface area contributed by atoms with Crippen LogP contribution in [0.3, 0.4) is 0 Å². The Kier molecular flexibility index (Phi) is 5.15. The molecule has 102 valence electrons. The van der Waals surface area contributed by atoms with Crippen LogP contribution < -0.4 is 16.2 Å². The summed E-state index contributed by atoms with van der Waals surface area (Å²) >= 11 is 5.20. The molecule has 3 N–H and O–H groups in total. The zero-order valence-electron chi connectivity index (χ0n) is 11.1. The second-order valence-corrected chi connectivity index (χ2v) is 4.67. The molecule has 0 amide bonds. The van der Waals surface area contributed by atoms with Crippen molar-refractivity contribution in [2.75, 3.05) is 0 Å². The van der Waals surface area contributed by atoms with Gasteiger partial charge in [0, 0.05) is 6.54 Å². The van der Waals surface area contributed by atoms with Gasteiger partial charge in [0.25, 0.3) is 0 Å². The SMILES string of the molecule is C=C(NNC(=S)NCc1ccccc1)c1ccccc1. The number of thiocarbonyl (C=S) groups is 1. The van der Waals surface area contributed by atoms with Crippen molar-refractivity contribution in [3.63, 3.8) is 0 Å². The average Bonchev–Trinajstić information content (AvgIpc) is 2.52. The largest absolute Gasteiger partial charge is 0.357 e. The highest BCUT2D eigenvalue weighted by molar-refractivity contribution is 7.80. The van der Waals surface area contributed by atoms with E-state index in [0.717, 1.165) is 11.3 Å². The predicted octanol–water partition coefficient (Wildman–Crippen LogP) is 2.83. The third kappa shape index (κ3) is 4.40. The first-order chi connectivity index (χ1) is 9.75. The van der Waals surface area contributed by atoms with E-state index >= 15 is 0 Å². The third-order valence-electron chi connectivity index (χ3n) is 2.75. The lowest BCUT2D eigenvalue weighted by atomic mass is 10.2. The summed E-state index contributed by atoms with van der Waals surface area (Å²) in [5, 5.41) is 3.66. The molecule has 2 rings (SSSR count). The Bertz CT molecular complexity index is 567. The lowest BCUT2D eigenvalue weighted by Crippen LogP contribution is -2.42. The fourth-order valence-electron chi connectivity index (χ4n) is 1.67. The van der Waals surface area contributed by atoms with Crippen LogP contribution in [0.2, 0.25) is 0 Å². The van der Waals surface area contributed by atoms with E-state index in [1.807, 2.05) is 60.7 Å². The van der Waals surface area contributed by atoms with Gasteiger partial charge in [-0.3, -0.25) is 10.9 Å². The van der Waals surface area contributed by atoms with Crippen LogP contribution in [0.1, 0.15) is 11.1 Å². The molecule has 0 aliphatic rings. The maximum Gasteiger partial charge on any atom is 0.185 e. The first kappa shape index (κ1) is 14.1.